The monoisotopic (exact) mass is 249 g/mol. The van der Waals surface area contributed by atoms with Crippen molar-refractivity contribution in [1.82, 2.24) is 5.06 Å². The Hall–Kier alpha value is -1.55. The Labute approximate surface area is 107 Å². The van der Waals surface area contributed by atoms with Crippen LogP contribution in [0.15, 0.2) is 35.8 Å². The second-order valence-corrected chi connectivity index (χ2v) is 4.71. The third-order valence-corrected chi connectivity index (χ3v) is 3.42. The van der Waals surface area contributed by atoms with Gasteiger partial charge >= 0.3 is 0 Å². The van der Waals surface area contributed by atoms with Crippen LogP contribution >= 0.6 is 0 Å². The highest BCUT2D eigenvalue weighted by Crippen LogP contribution is 2.23. The van der Waals surface area contributed by atoms with Crippen molar-refractivity contribution < 1.29 is 14.7 Å². The van der Waals surface area contributed by atoms with E-state index in [1.54, 1.807) is 18.4 Å². The normalized spacial score (nSPS) is 23.1. The molecule has 98 valence electrons. The van der Waals surface area contributed by atoms with E-state index in [4.69, 9.17) is 4.74 Å². The molecule has 0 amide bonds. The van der Waals surface area contributed by atoms with Crippen LogP contribution in [0.2, 0.25) is 0 Å². The summed E-state index contributed by atoms with van der Waals surface area (Å²) in [5, 5.41) is 11.3. The SMILES string of the molecule is COC1=CC(=CN(O)C2CCCCC2)C=CC1=O. The molecule has 0 atom stereocenters. The lowest BCUT2D eigenvalue weighted by Gasteiger charge is -2.28. The molecule has 2 rings (SSSR count). The van der Waals surface area contributed by atoms with Crippen molar-refractivity contribution in [2.24, 2.45) is 0 Å². The van der Waals surface area contributed by atoms with Gasteiger partial charge in [0, 0.05) is 6.20 Å². The van der Waals surface area contributed by atoms with Gasteiger partial charge in [-0.3, -0.25) is 15.1 Å². The third kappa shape index (κ3) is 3.01. The van der Waals surface area contributed by atoms with Gasteiger partial charge in [-0.25, -0.2) is 0 Å². The quantitative estimate of drug-likeness (QED) is 0.781. The summed E-state index contributed by atoms with van der Waals surface area (Å²) < 4.78 is 4.98. The minimum atomic E-state index is -0.142. The molecule has 2 aliphatic rings. The van der Waals surface area contributed by atoms with E-state index in [0.29, 0.717) is 5.76 Å². The second kappa shape index (κ2) is 5.87. The van der Waals surface area contributed by atoms with E-state index in [1.165, 1.54) is 37.5 Å². The number of ether oxygens (including phenoxy) is 1. The van der Waals surface area contributed by atoms with Crippen molar-refractivity contribution >= 4 is 5.78 Å². The lowest BCUT2D eigenvalue weighted by Crippen LogP contribution is -2.30. The summed E-state index contributed by atoms with van der Waals surface area (Å²) in [7, 11) is 1.47. The summed E-state index contributed by atoms with van der Waals surface area (Å²) in [6.07, 6.45) is 12.1. The van der Waals surface area contributed by atoms with E-state index in [2.05, 4.69) is 0 Å². The molecule has 18 heavy (non-hydrogen) atoms. The van der Waals surface area contributed by atoms with Crippen LogP contribution < -0.4 is 0 Å². The molecular weight excluding hydrogens is 230 g/mol. The van der Waals surface area contributed by atoms with Gasteiger partial charge in [-0.05, 0) is 36.6 Å². The Morgan fingerprint density at radius 1 is 1.33 bits per heavy atom. The fraction of sp³-hybridized carbons (Fsp3) is 0.500. The number of carbonyl (C=O) groups is 1. The molecule has 0 radical (unpaired) electrons. The molecule has 1 fully saturated rings. The number of hydrogen-bond donors (Lipinski definition) is 1. The Bertz CT molecular complexity index is 403. The van der Waals surface area contributed by atoms with Crippen molar-refractivity contribution in [3.63, 3.8) is 0 Å². The maximum atomic E-state index is 11.4. The first-order chi connectivity index (χ1) is 8.70. The van der Waals surface area contributed by atoms with Gasteiger partial charge in [0.25, 0.3) is 0 Å². The molecule has 0 aromatic rings. The Kier molecular flexibility index (Phi) is 4.20. The number of nitrogens with zero attached hydrogens (tertiary/aromatic N) is 1. The maximum absolute atomic E-state index is 11.4. The Balaban J connectivity index is 2.06. The maximum Gasteiger partial charge on any atom is 0.220 e. The van der Waals surface area contributed by atoms with Crippen LogP contribution in [0.4, 0.5) is 0 Å². The third-order valence-electron chi connectivity index (χ3n) is 3.42. The van der Waals surface area contributed by atoms with Crippen LogP contribution in [-0.4, -0.2) is 29.2 Å². The van der Waals surface area contributed by atoms with Crippen LogP contribution in [0, 0.1) is 0 Å². The lowest BCUT2D eigenvalue weighted by atomic mass is 9.95. The van der Waals surface area contributed by atoms with E-state index in [9.17, 15) is 10.0 Å². The summed E-state index contributed by atoms with van der Waals surface area (Å²) in [5.74, 6) is 0.164. The standard InChI is InChI=1S/C14H19NO3/c1-18-14-9-11(7-8-13(14)16)10-15(17)12-5-3-2-4-6-12/h7-10,12,17H,2-6H2,1H3. The number of hydroxylamine groups is 2. The first kappa shape index (κ1) is 12.9. The number of hydrogen-bond acceptors (Lipinski definition) is 4. The largest absolute Gasteiger partial charge is 0.493 e. The van der Waals surface area contributed by atoms with Crippen molar-refractivity contribution in [3.8, 4) is 0 Å². The summed E-state index contributed by atoms with van der Waals surface area (Å²) in [5.41, 5.74) is 0.777. The number of rotatable bonds is 3. The average Bonchev–Trinajstić information content (AvgIpc) is 2.42. The number of methoxy groups -OCH3 is 1. The van der Waals surface area contributed by atoms with Gasteiger partial charge in [0.1, 0.15) is 0 Å². The van der Waals surface area contributed by atoms with Crippen molar-refractivity contribution in [3.05, 3.63) is 35.8 Å². The zero-order valence-electron chi connectivity index (χ0n) is 10.6. The highest BCUT2D eigenvalue weighted by atomic mass is 16.5. The molecule has 0 spiro atoms. The molecule has 0 unspecified atom stereocenters. The fourth-order valence-corrected chi connectivity index (χ4v) is 2.37. The Morgan fingerprint density at radius 3 is 2.72 bits per heavy atom. The van der Waals surface area contributed by atoms with Crippen molar-refractivity contribution in [2.45, 2.75) is 38.1 Å². The van der Waals surface area contributed by atoms with Gasteiger partial charge in [-0.2, -0.15) is 0 Å². The zero-order chi connectivity index (χ0) is 13.0. The molecule has 0 bridgehead atoms. The van der Waals surface area contributed by atoms with Crippen LogP contribution in [0.1, 0.15) is 32.1 Å². The molecule has 0 heterocycles. The number of allylic oxidation sites excluding steroid dienone is 4. The molecule has 0 aliphatic heterocycles. The molecule has 0 aromatic carbocycles. The van der Waals surface area contributed by atoms with Gasteiger partial charge in [-0.1, -0.05) is 19.3 Å². The second-order valence-electron chi connectivity index (χ2n) is 4.71. The molecule has 4 nitrogen and oxygen atoms in total. The molecule has 0 aromatic heterocycles. The number of ketones is 1. The topological polar surface area (TPSA) is 49.8 Å². The minimum absolute atomic E-state index is 0.142. The zero-order valence-corrected chi connectivity index (χ0v) is 10.6. The van der Waals surface area contributed by atoms with E-state index >= 15 is 0 Å². The highest BCUT2D eigenvalue weighted by Gasteiger charge is 2.18. The van der Waals surface area contributed by atoms with Gasteiger partial charge in [-0.15, -0.1) is 0 Å². The van der Waals surface area contributed by atoms with E-state index < -0.39 is 0 Å². The van der Waals surface area contributed by atoms with Gasteiger partial charge < -0.3 is 4.74 Å². The average molecular weight is 249 g/mol. The summed E-state index contributed by atoms with van der Waals surface area (Å²) in [4.78, 5) is 11.4. The summed E-state index contributed by atoms with van der Waals surface area (Å²) in [6, 6.07) is 0.191. The molecule has 1 N–H and O–H groups in total. The van der Waals surface area contributed by atoms with Crippen molar-refractivity contribution in [2.75, 3.05) is 7.11 Å². The molecule has 2 aliphatic carbocycles. The van der Waals surface area contributed by atoms with E-state index in [0.717, 1.165) is 18.4 Å². The molecule has 1 saturated carbocycles. The van der Waals surface area contributed by atoms with E-state index in [-0.39, 0.29) is 11.8 Å². The van der Waals surface area contributed by atoms with Crippen molar-refractivity contribution in [1.29, 1.82) is 0 Å². The first-order valence-corrected chi connectivity index (χ1v) is 6.38. The predicted octanol–water partition coefficient (Wildman–Crippen LogP) is 2.56. The predicted molar refractivity (Wildman–Crippen MR) is 67.8 cm³/mol. The fourth-order valence-electron chi connectivity index (χ4n) is 2.37. The van der Waals surface area contributed by atoms with Crippen LogP contribution in [0.25, 0.3) is 0 Å². The van der Waals surface area contributed by atoms with E-state index in [1.807, 2.05) is 0 Å². The summed E-state index contributed by atoms with van der Waals surface area (Å²) in [6.45, 7) is 0. The minimum Gasteiger partial charge on any atom is -0.493 e. The Morgan fingerprint density at radius 2 is 2.06 bits per heavy atom. The van der Waals surface area contributed by atoms with Crippen LogP contribution in [-0.2, 0) is 9.53 Å². The van der Waals surface area contributed by atoms with Crippen LogP contribution in [0.3, 0.4) is 0 Å². The lowest BCUT2D eigenvalue weighted by molar-refractivity contribution is -0.114. The van der Waals surface area contributed by atoms with Gasteiger partial charge in [0.05, 0.1) is 13.2 Å². The molecule has 0 saturated heterocycles. The number of carbonyl (C=O) groups excluding carboxylic acids is 1. The molecule has 4 heteroatoms. The molecular formula is C14H19NO3. The highest BCUT2D eigenvalue weighted by molar-refractivity contribution is 6.04. The smallest absolute Gasteiger partial charge is 0.220 e. The first-order valence-electron chi connectivity index (χ1n) is 6.38. The van der Waals surface area contributed by atoms with Gasteiger partial charge in [0.15, 0.2) is 5.76 Å². The van der Waals surface area contributed by atoms with Gasteiger partial charge in [0.2, 0.25) is 5.78 Å². The van der Waals surface area contributed by atoms with Crippen LogP contribution in [0.5, 0.6) is 0 Å². The summed E-state index contributed by atoms with van der Waals surface area (Å²) >= 11 is 0.